The molecule has 2 aromatic rings. The number of nitriles is 1. The summed E-state index contributed by atoms with van der Waals surface area (Å²) in [5.41, 5.74) is 2.78. The lowest BCUT2D eigenvalue weighted by Gasteiger charge is -2.16. The van der Waals surface area contributed by atoms with Crippen molar-refractivity contribution in [2.24, 2.45) is 0 Å². The van der Waals surface area contributed by atoms with E-state index in [9.17, 15) is 0 Å². The fraction of sp³-hybridized carbons (Fsp3) is 0.333. The molecular formula is C15H17N3OS. The van der Waals surface area contributed by atoms with E-state index in [0.717, 1.165) is 29.4 Å². The second kappa shape index (κ2) is 6.51. The summed E-state index contributed by atoms with van der Waals surface area (Å²) in [6, 6.07) is 7.80. The highest BCUT2D eigenvalue weighted by atomic mass is 32.1. The third-order valence-corrected chi connectivity index (χ3v) is 3.76. The standard InChI is InChI=1S/C15H17N3OS/c1-11-17-14(10-20-11)9-18(2)8-12-4-5-13(7-16)15(6-12)19-3/h4-6,10H,8-9H2,1-3H3. The highest BCUT2D eigenvalue weighted by Crippen LogP contribution is 2.20. The van der Waals surface area contributed by atoms with Crippen molar-refractivity contribution in [1.82, 2.24) is 9.88 Å². The molecule has 0 unspecified atom stereocenters. The highest BCUT2D eigenvalue weighted by Gasteiger charge is 2.07. The van der Waals surface area contributed by atoms with Gasteiger partial charge in [0.2, 0.25) is 0 Å². The van der Waals surface area contributed by atoms with Gasteiger partial charge in [-0.05, 0) is 31.7 Å². The predicted molar refractivity (Wildman–Crippen MR) is 79.7 cm³/mol. The van der Waals surface area contributed by atoms with Gasteiger partial charge in [-0.3, -0.25) is 4.90 Å². The van der Waals surface area contributed by atoms with Crippen LogP contribution in [0, 0.1) is 18.3 Å². The van der Waals surface area contributed by atoms with Crippen LogP contribution in [0.4, 0.5) is 0 Å². The molecule has 104 valence electrons. The Labute approximate surface area is 123 Å². The molecule has 0 aliphatic carbocycles. The van der Waals surface area contributed by atoms with Gasteiger partial charge in [-0.2, -0.15) is 5.26 Å². The fourth-order valence-corrected chi connectivity index (χ4v) is 2.66. The summed E-state index contributed by atoms with van der Waals surface area (Å²) < 4.78 is 5.23. The average molecular weight is 287 g/mol. The maximum atomic E-state index is 8.97. The number of benzene rings is 1. The van der Waals surface area contributed by atoms with E-state index in [1.54, 1.807) is 24.5 Å². The fourth-order valence-electron chi connectivity index (χ4n) is 2.05. The van der Waals surface area contributed by atoms with E-state index < -0.39 is 0 Å². The Bertz CT molecular complexity index is 630. The minimum absolute atomic E-state index is 0.564. The van der Waals surface area contributed by atoms with Crippen LogP contribution in [0.2, 0.25) is 0 Å². The molecule has 0 spiro atoms. The predicted octanol–water partition coefficient (Wildman–Crippen LogP) is 2.96. The number of aryl methyl sites for hydroxylation is 1. The third kappa shape index (κ3) is 3.56. The van der Waals surface area contributed by atoms with Crippen LogP contribution in [0.15, 0.2) is 23.6 Å². The van der Waals surface area contributed by atoms with Crippen molar-refractivity contribution in [3.05, 3.63) is 45.4 Å². The quantitative estimate of drug-likeness (QED) is 0.848. The lowest BCUT2D eigenvalue weighted by Crippen LogP contribution is -2.17. The van der Waals surface area contributed by atoms with Gasteiger partial charge in [-0.1, -0.05) is 6.07 Å². The van der Waals surface area contributed by atoms with E-state index in [1.165, 1.54) is 0 Å². The molecule has 0 amide bonds. The second-order valence-corrected chi connectivity index (χ2v) is 5.74. The SMILES string of the molecule is COc1cc(CN(C)Cc2csc(C)n2)ccc1C#N. The molecule has 0 saturated heterocycles. The number of hydrogen-bond donors (Lipinski definition) is 0. The number of hydrogen-bond acceptors (Lipinski definition) is 5. The first kappa shape index (κ1) is 14.5. The van der Waals surface area contributed by atoms with Gasteiger partial charge in [0.1, 0.15) is 11.8 Å². The van der Waals surface area contributed by atoms with Crippen LogP contribution in [-0.2, 0) is 13.1 Å². The monoisotopic (exact) mass is 287 g/mol. The first-order valence-corrected chi connectivity index (χ1v) is 7.17. The maximum absolute atomic E-state index is 8.97. The third-order valence-electron chi connectivity index (χ3n) is 2.94. The zero-order chi connectivity index (χ0) is 14.5. The van der Waals surface area contributed by atoms with Gasteiger partial charge in [0.15, 0.2) is 0 Å². The van der Waals surface area contributed by atoms with E-state index in [0.29, 0.717) is 11.3 Å². The molecule has 20 heavy (non-hydrogen) atoms. The second-order valence-electron chi connectivity index (χ2n) is 4.68. The summed E-state index contributed by atoms with van der Waals surface area (Å²) in [6.45, 7) is 3.62. The van der Waals surface area contributed by atoms with Crippen molar-refractivity contribution in [3.63, 3.8) is 0 Å². The van der Waals surface area contributed by atoms with Crippen molar-refractivity contribution in [2.75, 3.05) is 14.2 Å². The molecule has 0 aliphatic rings. The summed E-state index contributed by atoms with van der Waals surface area (Å²) in [4.78, 5) is 6.65. The van der Waals surface area contributed by atoms with Crippen LogP contribution in [0.5, 0.6) is 5.75 Å². The molecule has 0 saturated carbocycles. The van der Waals surface area contributed by atoms with Crippen LogP contribution in [0.1, 0.15) is 21.8 Å². The number of thiazole rings is 1. The van der Waals surface area contributed by atoms with Crippen molar-refractivity contribution < 1.29 is 4.74 Å². The van der Waals surface area contributed by atoms with E-state index in [-0.39, 0.29) is 0 Å². The molecule has 1 aromatic heterocycles. The first-order chi connectivity index (χ1) is 9.62. The largest absolute Gasteiger partial charge is 0.495 e. The molecule has 0 fully saturated rings. The average Bonchev–Trinajstić information content (AvgIpc) is 2.83. The van der Waals surface area contributed by atoms with Crippen LogP contribution in [0.25, 0.3) is 0 Å². The van der Waals surface area contributed by atoms with E-state index in [1.807, 2.05) is 19.1 Å². The lowest BCUT2D eigenvalue weighted by molar-refractivity contribution is 0.315. The molecule has 0 radical (unpaired) electrons. The van der Waals surface area contributed by atoms with Crippen molar-refractivity contribution >= 4 is 11.3 Å². The smallest absolute Gasteiger partial charge is 0.136 e. The molecule has 1 heterocycles. The Morgan fingerprint density at radius 3 is 2.80 bits per heavy atom. The number of ether oxygens (including phenoxy) is 1. The Balaban J connectivity index is 2.04. The van der Waals surface area contributed by atoms with Crippen molar-refractivity contribution in [2.45, 2.75) is 20.0 Å². The minimum atomic E-state index is 0.564. The zero-order valence-corrected chi connectivity index (χ0v) is 12.7. The van der Waals surface area contributed by atoms with Gasteiger partial charge in [0.05, 0.1) is 23.4 Å². The van der Waals surface area contributed by atoms with Gasteiger partial charge >= 0.3 is 0 Å². The molecule has 4 nitrogen and oxygen atoms in total. The summed E-state index contributed by atoms with van der Waals surface area (Å²) in [5.74, 6) is 0.628. The Hall–Kier alpha value is -1.90. The Morgan fingerprint density at radius 1 is 1.40 bits per heavy atom. The molecule has 1 aromatic carbocycles. The minimum Gasteiger partial charge on any atom is -0.495 e. The number of aromatic nitrogens is 1. The van der Waals surface area contributed by atoms with Gasteiger partial charge in [-0.15, -0.1) is 11.3 Å². The molecule has 0 aliphatic heterocycles. The molecule has 0 bridgehead atoms. The zero-order valence-electron chi connectivity index (χ0n) is 11.9. The Kier molecular flexibility index (Phi) is 4.72. The maximum Gasteiger partial charge on any atom is 0.136 e. The molecule has 0 atom stereocenters. The van der Waals surface area contributed by atoms with E-state index in [2.05, 4.69) is 28.4 Å². The summed E-state index contributed by atoms with van der Waals surface area (Å²) in [7, 11) is 3.64. The normalized spacial score (nSPS) is 10.6. The van der Waals surface area contributed by atoms with Gasteiger partial charge in [0, 0.05) is 18.5 Å². The molecule has 5 heteroatoms. The van der Waals surface area contributed by atoms with Crippen LogP contribution in [0.3, 0.4) is 0 Å². The molecule has 0 N–H and O–H groups in total. The van der Waals surface area contributed by atoms with Gasteiger partial charge in [-0.25, -0.2) is 4.98 Å². The summed E-state index contributed by atoms with van der Waals surface area (Å²) >= 11 is 1.67. The Morgan fingerprint density at radius 2 is 2.20 bits per heavy atom. The van der Waals surface area contributed by atoms with E-state index in [4.69, 9.17) is 10.00 Å². The molecular weight excluding hydrogens is 270 g/mol. The number of rotatable bonds is 5. The van der Waals surface area contributed by atoms with Gasteiger partial charge < -0.3 is 4.74 Å². The number of nitrogens with zero attached hydrogens (tertiary/aromatic N) is 3. The summed E-state index contributed by atoms with van der Waals surface area (Å²) in [6.07, 6.45) is 0. The first-order valence-electron chi connectivity index (χ1n) is 6.29. The van der Waals surface area contributed by atoms with Crippen LogP contribution >= 0.6 is 11.3 Å². The highest BCUT2D eigenvalue weighted by molar-refractivity contribution is 7.09. The van der Waals surface area contributed by atoms with Crippen molar-refractivity contribution in [3.8, 4) is 11.8 Å². The topological polar surface area (TPSA) is 49.1 Å². The van der Waals surface area contributed by atoms with Crippen LogP contribution in [-0.4, -0.2) is 24.0 Å². The van der Waals surface area contributed by atoms with Gasteiger partial charge in [0.25, 0.3) is 0 Å². The van der Waals surface area contributed by atoms with E-state index >= 15 is 0 Å². The van der Waals surface area contributed by atoms with Crippen molar-refractivity contribution in [1.29, 1.82) is 5.26 Å². The molecule has 2 rings (SSSR count). The summed E-state index contributed by atoms with van der Waals surface area (Å²) in [5, 5.41) is 12.2. The van der Waals surface area contributed by atoms with Crippen LogP contribution < -0.4 is 4.74 Å². The number of methoxy groups -OCH3 is 1. The lowest BCUT2D eigenvalue weighted by atomic mass is 10.1.